The van der Waals surface area contributed by atoms with E-state index in [0.29, 0.717) is 6.04 Å². The van der Waals surface area contributed by atoms with Gasteiger partial charge in [0.1, 0.15) is 0 Å². The van der Waals surface area contributed by atoms with Crippen LogP contribution in [0.4, 0.5) is 0 Å². The van der Waals surface area contributed by atoms with Gasteiger partial charge in [-0.25, -0.2) is 0 Å². The number of aromatic nitrogens is 1. The smallest absolute Gasteiger partial charge is 0.150 e. The lowest BCUT2D eigenvalue weighted by Crippen LogP contribution is -2.03. The molecular weight excluding hydrogens is 234 g/mol. The molecule has 0 amide bonds. The molecule has 2 aromatic rings. The van der Waals surface area contributed by atoms with Crippen LogP contribution in [0.3, 0.4) is 0 Å². The highest BCUT2D eigenvalue weighted by Gasteiger charge is 2.09. The average molecular weight is 255 g/mol. The largest absolute Gasteiger partial charge is 0.345 e. The summed E-state index contributed by atoms with van der Waals surface area (Å²) < 4.78 is 2.27. The van der Waals surface area contributed by atoms with Crippen LogP contribution in [0.15, 0.2) is 42.1 Å². The van der Waals surface area contributed by atoms with Crippen molar-refractivity contribution in [2.75, 3.05) is 0 Å². The summed E-state index contributed by atoms with van der Waals surface area (Å²) in [7, 11) is 0. The number of hydrogen-bond acceptors (Lipinski definition) is 1. The van der Waals surface area contributed by atoms with Crippen LogP contribution in [0.1, 0.15) is 50.0 Å². The molecule has 1 atom stereocenters. The van der Waals surface area contributed by atoms with Gasteiger partial charge in [0.25, 0.3) is 0 Å². The van der Waals surface area contributed by atoms with Crippen molar-refractivity contribution in [2.24, 2.45) is 0 Å². The van der Waals surface area contributed by atoms with Crippen LogP contribution in [0.25, 0.3) is 10.9 Å². The second kappa shape index (κ2) is 5.87. The lowest BCUT2D eigenvalue weighted by Gasteiger charge is -2.14. The Morgan fingerprint density at radius 1 is 1.32 bits per heavy atom. The molecule has 0 radical (unpaired) electrons. The van der Waals surface area contributed by atoms with Gasteiger partial charge in [-0.1, -0.05) is 23.8 Å². The highest BCUT2D eigenvalue weighted by Crippen LogP contribution is 2.25. The van der Waals surface area contributed by atoms with Crippen molar-refractivity contribution in [3.8, 4) is 0 Å². The number of carbonyl (C=O) groups excluding carboxylic acids is 1. The number of carbonyl (C=O) groups is 1. The molecule has 0 saturated heterocycles. The predicted octanol–water partition coefficient (Wildman–Crippen LogP) is 4.76. The molecule has 2 rings (SSSR count). The first-order valence-corrected chi connectivity index (χ1v) is 6.81. The van der Waals surface area contributed by atoms with Gasteiger partial charge in [-0.05, 0) is 45.7 Å². The third-order valence-corrected chi connectivity index (χ3v) is 3.54. The second-order valence-corrected chi connectivity index (χ2v) is 5.33. The number of hydrogen-bond donors (Lipinski definition) is 0. The van der Waals surface area contributed by atoms with Crippen molar-refractivity contribution in [1.29, 1.82) is 0 Å². The van der Waals surface area contributed by atoms with E-state index in [0.717, 1.165) is 35.6 Å². The topological polar surface area (TPSA) is 22.0 Å². The van der Waals surface area contributed by atoms with Gasteiger partial charge < -0.3 is 4.57 Å². The van der Waals surface area contributed by atoms with Crippen LogP contribution < -0.4 is 0 Å². The van der Waals surface area contributed by atoms with Crippen molar-refractivity contribution < 1.29 is 4.79 Å². The average Bonchev–Trinajstić information content (AvgIpc) is 2.81. The van der Waals surface area contributed by atoms with Gasteiger partial charge in [0.2, 0.25) is 0 Å². The summed E-state index contributed by atoms with van der Waals surface area (Å²) in [6, 6.07) is 8.38. The van der Waals surface area contributed by atoms with Crippen LogP contribution in [0, 0.1) is 0 Å². The Hall–Kier alpha value is -1.83. The number of allylic oxidation sites excluding steroid dienone is 2. The maximum absolute atomic E-state index is 11.0. The Morgan fingerprint density at radius 3 is 2.79 bits per heavy atom. The van der Waals surface area contributed by atoms with Gasteiger partial charge in [-0.2, -0.15) is 0 Å². The van der Waals surface area contributed by atoms with Crippen molar-refractivity contribution >= 4 is 17.2 Å². The van der Waals surface area contributed by atoms with E-state index in [9.17, 15) is 4.79 Å². The molecule has 0 saturated carbocycles. The summed E-state index contributed by atoms with van der Waals surface area (Å²) in [6.45, 7) is 6.49. The molecule has 1 aromatic heterocycles. The molecule has 0 N–H and O–H groups in total. The zero-order chi connectivity index (χ0) is 13.8. The molecule has 100 valence electrons. The molecular formula is C17H21NO. The van der Waals surface area contributed by atoms with Crippen molar-refractivity contribution in [3.63, 3.8) is 0 Å². The minimum absolute atomic E-state index is 0.440. The van der Waals surface area contributed by atoms with Gasteiger partial charge in [0.15, 0.2) is 6.29 Å². The maximum Gasteiger partial charge on any atom is 0.150 e. The third kappa shape index (κ3) is 2.95. The summed E-state index contributed by atoms with van der Waals surface area (Å²) in [4.78, 5) is 11.0. The fraction of sp³-hybridized carbons (Fsp3) is 0.353. The van der Waals surface area contributed by atoms with Crippen LogP contribution >= 0.6 is 0 Å². The minimum atomic E-state index is 0.440. The molecule has 1 aromatic carbocycles. The Bertz CT molecular complexity index is 603. The first-order valence-electron chi connectivity index (χ1n) is 6.81. The number of fused-ring (bicyclic) bond motifs is 1. The summed E-state index contributed by atoms with van der Waals surface area (Å²) in [6.07, 6.45) is 7.50. The molecule has 2 heteroatoms. The Balaban J connectivity index is 2.25. The lowest BCUT2D eigenvalue weighted by molar-refractivity contribution is 0.112. The standard InChI is InChI=1S/C17H21NO/c1-13(2)6-4-7-14(3)18-11-10-16-15(12-19)8-5-9-17(16)18/h5-6,8-12,14H,4,7H2,1-3H3. The Labute approximate surface area is 114 Å². The van der Waals surface area contributed by atoms with E-state index in [1.54, 1.807) is 0 Å². The number of benzene rings is 1. The fourth-order valence-electron chi connectivity index (χ4n) is 2.45. The van der Waals surface area contributed by atoms with Crippen LogP contribution in [-0.2, 0) is 0 Å². The summed E-state index contributed by atoms with van der Waals surface area (Å²) in [5, 5.41) is 1.05. The summed E-state index contributed by atoms with van der Waals surface area (Å²) in [5.41, 5.74) is 3.29. The highest BCUT2D eigenvalue weighted by molar-refractivity contribution is 5.97. The van der Waals surface area contributed by atoms with Gasteiger partial charge >= 0.3 is 0 Å². The fourth-order valence-corrected chi connectivity index (χ4v) is 2.45. The van der Waals surface area contributed by atoms with E-state index in [1.807, 2.05) is 18.2 Å². The van der Waals surface area contributed by atoms with Crippen molar-refractivity contribution in [1.82, 2.24) is 4.57 Å². The summed E-state index contributed by atoms with van der Waals surface area (Å²) >= 11 is 0. The molecule has 0 aliphatic heterocycles. The van der Waals surface area contributed by atoms with Gasteiger partial charge in [0, 0.05) is 28.7 Å². The van der Waals surface area contributed by atoms with Crippen molar-refractivity contribution in [3.05, 3.63) is 47.7 Å². The van der Waals surface area contributed by atoms with E-state index in [-0.39, 0.29) is 0 Å². The zero-order valence-electron chi connectivity index (χ0n) is 11.9. The third-order valence-electron chi connectivity index (χ3n) is 3.54. The molecule has 2 nitrogen and oxygen atoms in total. The molecule has 1 unspecified atom stereocenters. The molecule has 1 heterocycles. The van der Waals surface area contributed by atoms with E-state index in [1.165, 1.54) is 5.57 Å². The second-order valence-electron chi connectivity index (χ2n) is 5.33. The first kappa shape index (κ1) is 13.6. The van der Waals surface area contributed by atoms with Gasteiger partial charge in [-0.15, -0.1) is 0 Å². The van der Waals surface area contributed by atoms with E-state index >= 15 is 0 Å². The molecule has 0 aliphatic rings. The number of aldehydes is 1. The zero-order valence-corrected chi connectivity index (χ0v) is 11.9. The SMILES string of the molecule is CC(C)=CCCC(C)n1ccc2c(C=O)cccc21. The van der Waals surface area contributed by atoms with Crippen LogP contribution in [0.5, 0.6) is 0 Å². The van der Waals surface area contributed by atoms with E-state index in [2.05, 4.69) is 43.7 Å². The molecule has 19 heavy (non-hydrogen) atoms. The summed E-state index contributed by atoms with van der Waals surface area (Å²) in [5.74, 6) is 0. The maximum atomic E-state index is 11.0. The normalized spacial score (nSPS) is 12.4. The Morgan fingerprint density at radius 2 is 2.11 bits per heavy atom. The van der Waals surface area contributed by atoms with Crippen LogP contribution in [-0.4, -0.2) is 10.9 Å². The van der Waals surface area contributed by atoms with Gasteiger partial charge in [0.05, 0.1) is 0 Å². The number of rotatable bonds is 5. The number of nitrogens with zero attached hydrogens (tertiary/aromatic N) is 1. The molecule has 0 fully saturated rings. The monoisotopic (exact) mass is 255 g/mol. The Kier molecular flexibility index (Phi) is 4.20. The van der Waals surface area contributed by atoms with Gasteiger partial charge in [-0.3, -0.25) is 4.79 Å². The lowest BCUT2D eigenvalue weighted by atomic mass is 10.1. The quantitative estimate of drug-likeness (QED) is 0.557. The molecule has 0 bridgehead atoms. The highest BCUT2D eigenvalue weighted by atomic mass is 16.1. The van der Waals surface area contributed by atoms with E-state index < -0.39 is 0 Å². The van der Waals surface area contributed by atoms with E-state index in [4.69, 9.17) is 0 Å². The van der Waals surface area contributed by atoms with Crippen LogP contribution in [0.2, 0.25) is 0 Å². The molecule has 0 aliphatic carbocycles. The first-order chi connectivity index (χ1) is 9.13. The minimum Gasteiger partial charge on any atom is -0.345 e. The molecule has 0 spiro atoms. The predicted molar refractivity (Wildman–Crippen MR) is 80.7 cm³/mol. The van der Waals surface area contributed by atoms with Crippen molar-refractivity contribution in [2.45, 2.75) is 39.7 Å².